The Morgan fingerprint density at radius 2 is 1.95 bits per heavy atom. The minimum atomic E-state index is -0.615. The monoisotopic (exact) mass is 258 g/mol. The quantitative estimate of drug-likeness (QED) is 0.919. The third kappa shape index (κ3) is 3.16. The lowest BCUT2D eigenvalue weighted by Crippen LogP contribution is -2.27. The minimum Gasteiger partial charge on any atom is -0.345 e. The Hall–Kier alpha value is -2.23. The molecule has 0 aliphatic carbocycles. The van der Waals surface area contributed by atoms with Gasteiger partial charge < -0.3 is 5.32 Å². The predicted molar refractivity (Wildman–Crippen MR) is 71.3 cm³/mol. The molecule has 0 radical (unpaired) electrons. The van der Waals surface area contributed by atoms with Gasteiger partial charge in [-0.15, -0.1) is 0 Å². The van der Waals surface area contributed by atoms with E-state index < -0.39 is 11.7 Å². The van der Waals surface area contributed by atoms with Crippen LogP contribution >= 0.6 is 0 Å². The van der Waals surface area contributed by atoms with Crippen LogP contribution in [0.2, 0.25) is 0 Å². The molecule has 4 heteroatoms. The molecule has 98 valence electrons. The van der Waals surface area contributed by atoms with Gasteiger partial charge in [0.25, 0.3) is 5.91 Å². The van der Waals surface area contributed by atoms with Crippen molar-refractivity contribution in [3.63, 3.8) is 0 Å². The fourth-order valence-electron chi connectivity index (χ4n) is 1.77. The molecule has 1 N–H and O–H groups in total. The molecule has 19 heavy (non-hydrogen) atoms. The normalized spacial score (nSPS) is 11.9. The third-order valence-electron chi connectivity index (χ3n) is 2.94. The molecule has 3 nitrogen and oxygen atoms in total. The van der Waals surface area contributed by atoms with Gasteiger partial charge >= 0.3 is 0 Å². The smallest absolute Gasteiger partial charge is 0.254 e. The number of hydrogen-bond donors (Lipinski definition) is 1. The maximum absolute atomic E-state index is 13.4. The molecule has 1 unspecified atom stereocenters. The molecule has 0 aliphatic heterocycles. The number of nitrogens with one attached hydrogen (secondary N) is 1. The number of carbonyl (C=O) groups excluding carboxylic acids is 1. The fourth-order valence-corrected chi connectivity index (χ4v) is 1.77. The molecule has 1 aromatic heterocycles. The van der Waals surface area contributed by atoms with E-state index in [1.54, 1.807) is 0 Å². The summed E-state index contributed by atoms with van der Waals surface area (Å²) in [5.41, 5.74) is 2.14. The lowest BCUT2D eigenvalue weighted by molar-refractivity contribution is 0.0935. The first-order valence-electron chi connectivity index (χ1n) is 6.05. The summed E-state index contributed by atoms with van der Waals surface area (Å²) in [5.74, 6) is -1.05. The average Bonchev–Trinajstić information content (AvgIpc) is 2.39. The van der Waals surface area contributed by atoms with Gasteiger partial charge in [0.2, 0.25) is 0 Å². The van der Waals surface area contributed by atoms with E-state index in [0.717, 1.165) is 17.3 Å². The summed E-state index contributed by atoms with van der Waals surface area (Å²) < 4.78 is 13.4. The van der Waals surface area contributed by atoms with Crippen LogP contribution in [0.3, 0.4) is 0 Å². The van der Waals surface area contributed by atoms with Gasteiger partial charge in [-0.25, -0.2) is 4.39 Å². The molecule has 1 amide bonds. The Kier molecular flexibility index (Phi) is 3.90. The van der Waals surface area contributed by atoms with Crippen molar-refractivity contribution in [2.45, 2.75) is 19.9 Å². The second-order valence-electron chi connectivity index (χ2n) is 4.46. The van der Waals surface area contributed by atoms with Crippen LogP contribution in [0.25, 0.3) is 0 Å². The third-order valence-corrected chi connectivity index (χ3v) is 2.94. The zero-order chi connectivity index (χ0) is 13.8. The number of hydrogen-bond acceptors (Lipinski definition) is 2. The summed E-state index contributed by atoms with van der Waals surface area (Å²) in [7, 11) is 0. The number of amides is 1. The Bertz CT molecular complexity index is 581. The first-order valence-corrected chi connectivity index (χ1v) is 6.05. The number of aromatic nitrogens is 1. The molecule has 2 aromatic rings. The standard InChI is InChI=1S/C15H15FN2O/c1-10-3-5-12(6-4-10)11(2)18-15(19)13-7-8-17-9-14(13)16/h3-9,11H,1-2H3,(H,18,19). The number of carbonyl (C=O) groups is 1. The lowest BCUT2D eigenvalue weighted by Gasteiger charge is -2.14. The van der Waals surface area contributed by atoms with Gasteiger partial charge in [0, 0.05) is 6.20 Å². The van der Waals surface area contributed by atoms with Gasteiger partial charge in [-0.05, 0) is 25.5 Å². The van der Waals surface area contributed by atoms with E-state index in [2.05, 4.69) is 10.3 Å². The Morgan fingerprint density at radius 3 is 2.58 bits per heavy atom. The summed E-state index contributed by atoms with van der Waals surface area (Å²) in [6, 6.07) is 9.04. The lowest BCUT2D eigenvalue weighted by atomic mass is 10.1. The predicted octanol–water partition coefficient (Wildman–Crippen LogP) is 3.02. The van der Waals surface area contributed by atoms with Crippen LogP contribution in [-0.2, 0) is 0 Å². The second kappa shape index (κ2) is 5.61. The van der Waals surface area contributed by atoms with Gasteiger partial charge in [-0.1, -0.05) is 29.8 Å². The maximum atomic E-state index is 13.4. The molecule has 1 heterocycles. The molecular weight excluding hydrogens is 243 g/mol. The topological polar surface area (TPSA) is 42.0 Å². The van der Waals surface area contributed by atoms with E-state index in [1.807, 2.05) is 38.1 Å². The number of aryl methyl sites for hydroxylation is 1. The van der Waals surface area contributed by atoms with Gasteiger partial charge in [0.05, 0.1) is 17.8 Å². The number of rotatable bonds is 3. The Morgan fingerprint density at radius 1 is 1.26 bits per heavy atom. The van der Waals surface area contributed by atoms with Crippen molar-refractivity contribution >= 4 is 5.91 Å². The van der Waals surface area contributed by atoms with E-state index in [-0.39, 0.29) is 11.6 Å². The van der Waals surface area contributed by atoms with E-state index in [4.69, 9.17) is 0 Å². The van der Waals surface area contributed by atoms with Crippen molar-refractivity contribution in [3.8, 4) is 0 Å². The van der Waals surface area contributed by atoms with Gasteiger partial charge in [0.15, 0.2) is 5.82 Å². The van der Waals surface area contributed by atoms with Crippen LogP contribution in [-0.4, -0.2) is 10.9 Å². The molecule has 0 saturated carbocycles. The zero-order valence-electron chi connectivity index (χ0n) is 10.9. The van der Waals surface area contributed by atoms with Crippen molar-refractivity contribution in [1.29, 1.82) is 0 Å². The average molecular weight is 258 g/mol. The molecule has 1 aromatic carbocycles. The van der Waals surface area contributed by atoms with Crippen molar-refractivity contribution in [2.24, 2.45) is 0 Å². The highest BCUT2D eigenvalue weighted by molar-refractivity contribution is 5.94. The van der Waals surface area contributed by atoms with E-state index in [0.29, 0.717) is 0 Å². The van der Waals surface area contributed by atoms with Gasteiger partial charge in [-0.3, -0.25) is 9.78 Å². The van der Waals surface area contributed by atoms with Gasteiger partial charge in [0.1, 0.15) is 0 Å². The SMILES string of the molecule is Cc1ccc(C(C)NC(=O)c2ccncc2F)cc1. The van der Waals surface area contributed by atoms with Crippen LogP contribution in [0.4, 0.5) is 4.39 Å². The molecule has 0 bridgehead atoms. The highest BCUT2D eigenvalue weighted by atomic mass is 19.1. The summed E-state index contributed by atoms with van der Waals surface area (Å²) in [5, 5.41) is 2.77. The van der Waals surface area contributed by atoms with E-state index in [1.165, 1.54) is 12.3 Å². The molecule has 0 saturated heterocycles. The van der Waals surface area contributed by atoms with Crippen LogP contribution in [0.15, 0.2) is 42.7 Å². The van der Waals surface area contributed by atoms with E-state index in [9.17, 15) is 9.18 Å². The summed E-state index contributed by atoms with van der Waals surface area (Å²) in [6.45, 7) is 3.86. The van der Waals surface area contributed by atoms with Crippen LogP contribution in [0.5, 0.6) is 0 Å². The summed E-state index contributed by atoms with van der Waals surface area (Å²) in [6.07, 6.45) is 2.43. The molecular formula is C15H15FN2O. The van der Waals surface area contributed by atoms with Crippen molar-refractivity contribution in [1.82, 2.24) is 10.3 Å². The van der Waals surface area contributed by atoms with Crippen molar-refractivity contribution in [3.05, 3.63) is 65.2 Å². The molecule has 0 spiro atoms. The van der Waals surface area contributed by atoms with E-state index >= 15 is 0 Å². The number of halogens is 1. The molecule has 1 atom stereocenters. The molecule has 2 rings (SSSR count). The second-order valence-corrected chi connectivity index (χ2v) is 4.46. The molecule has 0 fully saturated rings. The first-order chi connectivity index (χ1) is 9.08. The van der Waals surface area contributed by atoms with Crippen molar-refractivity contribution in [2.75, 3.05) is 0 Å². The first kappa shape index (κ1) is 13.2. The molecule has 0 aliphatic rings. The van der Waals surface area contributed by atoms with Crippen molar-refractivity contribution < 1.29 is 9.18 Å². The summed E-state index contributed by atoms with van der Waals surface area (Å²) >= 11 is 0. The largest absolute Gasteiger partial charge is 0.345 e. The van der Waals surface area contributed by atoms with Crippen LogP contribution < -0.4 is 5.32 Å². The zero-order valence-corrected chi connectivity index (χ0v) is 10.9. The fraction of sp³-hybridized carbons (Fsp3) is 0.200. The van der Waals surface area contributed by atoms with Crippen LogP contribution in [0, 0.1) is 12.7 Å². The number of nitrogens with zero attached hydrogens (tertiary/aromatic N) is 1. The number of benzene rings is 1. The highest BCUT2D eigenvalue weighted by Crippen LogP contribution is 2.14. The highest BCUT2D eigenvalue weighted by Gasteiger charge is 2.14. The Labute approximate surface area is 111 Å². The maximum Gasteiger partial charge on any atom is 0.254 e. The van der Waals surface area contributed by atoms with Gasteiger partial charge in [-0.2, -0.15) is 0 Å². The summed E-state index contributed by atoms with van der Waals surface area (Å²) in [4.78, 5) is 15.6. The van der Waals surface area contributed by atoms with Crippen LogP contribution in [0.1, 0.15) is 34.5 Å². The number of pyridine rings is 1. The minimum absolute atomic E-state index is 0.00830. The Balaban J connectivity index is 2.11.